The van der Waals surface area contributed by atoms with Crippen LogP contribution in [-0.2, 0) is 25.5 Å². The lowest BCUT2D eigenvalue weighted by molar-refractivity contribution is -0.692. The fourth-order valence-electron chi connectivity index (χ4n) is 5.66. The summed E-state index contributed by atoms with van der Waals surface area (Å²) >= 11 is 2.21. The monoisotopic (exact) mass is 829 g/mol. The summed E-state index contributed by atoms with van der Waals surface area (Å²) in [4.78, 5) is 32.8. The van der Waals surface area contributed by atoms with Crippen molar-refractivity contribution < 1.29 is 42.6 Å². The minimum absolute atomic E-state index is 0.151. The van der Waals surface area contributed by atoms with Crippen molar-refractivity contribution in [2.45, 2.75) is 6.54 Å². The number of rotatable bonds is 21. The molecular formula is C44H53N4O8S2+. The van der Waals surface area contributed by atoms with Crippen LogP contribution < -0.4 is 23.8 Å². The highest BCUT2D eigenvalue weighted by Gasteiger charge is 2.15. The number of hydrogen-bond donors (Lipinski definition) is 0. The summed E-state index contributed by atoms with van der Waals surface area (Å²) in [6.45, 7) is 9.71. The Bertz CT molecular complexity index is 1920. The molecule has 0 aliphatic carbocycles. The van der Waals surface area contributed by atoms with E-state index in [0.717, 1.165) is 81.8 Å². The smallest absolute Gasteiger partial charge is 0.367 e. The van der Waals surface area contributed by atoms with Crippen molar-refractivity contribution in [1.82, 2.24) is 0 Å². The highest BCUT2D eigenvalue weighted by molar-refractivity contribution is 8.13. The molecule has 12 nitrogen and oxygen atoms in total. The van der Waals surface area contributed by atoms with E-state index in [9.17, 15) is 9.59 Å². The molecule has 0 unspecified atom stereocenters. The third-order valence-corrected chi connectivity index (χ3v) is 10.4. The Balaban J connectivity index is 0.816. The zero-order chi connectivity index (χ0) is 40.8. The zero-order valence-electron chi connectivity index (χ0n) is 33.3. The van der Waals surface area contributed by atoms with Crippen LogP contribution in [-0.4, -0.2) is 115 Å². The van der Waals surface area contributed by atoms with Crippen molar-refractivity contribution in [2.24, 2.45) is 4.99 Å². The van der Waals surface area contributed by atoms with E-state index in [-0.39, 0.29) is 37.0 Å². The number of thioether (sulfide) groups is 2. The van der Waals surface area contributed by atoms with Crippen LogP contribution in [0.15, 0.2) is 96.3 Å². The second-order valence-corrected chi connectivity index (χ2v) is 15.1. The molecule has 0 saturated carbocycles. The van der Waals surface area contributed by atoms with Gasteiger partial charge in [-0.3, -0.25) is 4.99 Å². The van der Waals surface area contributed by atoms with Gasteiger partial charge in [-0.05, 0) is 76.1 Å². The van der Waals surface area contributed by atoms with E-state index < -0.39 is 0 Å². The molecule has 3 aromatic rings. The predicted molar refractivity (Wildman–Crippen MR) is 236 cm³/mol. The van der Waals surface area contributed by atoms with Crippen LogP contribution in [0.3, 0.4) is 0 Å². The van der Waals surface area contributed by atoms with Gasteiger partial charge in [0.2, 0.25) is 0 Å². The Kier molecular flexibility index (Phi) is 18.8. The topological polar surface area (TPSA) is 112 Å². The number of nitrogens with zero attached hydrogens (tertiary/aromatic N) is 4. The fourth-order valence-corrected chi connectivity index (χ4v) is 6.83. The van der Waals surface area contributed by atoms with Gasteiger partial charge in [-0.15, -0.1) is 0 Å². The highest BCUT2D eigenvalue weighted by Crippen LogP contribution is 2.33. The summed E-state index contributed by atoms with van der Waals surface area (Å²) in [5, 5.41) is -0.703. The molecule has 0 spiro atoms. The number of fused-ring (bicyclic) bond motifs is 2. The van der Waals surface area contributed by atoms with E-state index in [0.29, 0.717) is 51.0 Å². The summed E-state index contributed by atoms with van der Waals surface area (Å²) in [5.74, 6) is 2.90. The second-order valence-electron chi connectivity index (χ2n) is 13.1. The van der Waals surface area contributed by atoms with Crippen LogP contribution in [0.4, 0.5) is 21.0 Å². The number of pyridine rings is 1. The lowest BCUT2D eigenvalue weighted by Crippen LogP contribution is -2.34. The summed E-state index contributed by atoms with van der Waals surface area (Å²) in [5.41, 5.74) is 6.33. The van der Waals surface area contributed by atoms with E-state index in [2.05, 4.69) is 78.0 Å². The van der Waals surface area contributed by atoms with E-state index in [4.69, 9.17) is 28.4 Å². The molecule has 0 N–H and O–H groups in total. The third-order valence-electron chi connectivity index (χ3n) is 8.90. The van der Waals surface area contributed by atoms with Gasteiger partial charge in [-0.1, -0.05) is 49.1 Å². The average Bonchev–Trinajstić information content (AvgIpc) is 3.23. The number of aromatic nitrogens is 1. The van der Waals surface area contributed by atoms with Gasteiger partial charge < -0.3 is 38.2 Å². The van der Waals surface area contributed by atoms with E-state index >= 15 is 0 Å². The first kappa shape index (κ1) is 44.1. The Morgan fingerprint density at radius 1 is 0.759 bits per heavy atom. The molecule has 0 bridgehead atoms. The summed E-state index contributed by atoms with van der Waals surface area (Å²) < 4.78 is 35.0. The number of likely N-dealkylation sites (N-methyl/N-ethyl adjacent to an activating group) is 2. The van der Waals surface area contributed by atoms with Crippen LogP contribution in [0.5, 0.6) is 11.5 Å². The number of allylic oxidation sites excluding steroid dienone is 4. The largest absolute Gasteiger partial charge is 0.490 e. The normalized spacial score (nSPS) is 14.0. The highest BCUT2D eigenvalue weighted by atomic mass is 32.2. The van der Waals surface area contributed by atoms with Crippen LogP contribution >= 0.6 is 23.5 Å². The quantitative estimate of drug-likeness (QED) is 0.0349. The van der Waals surface area contributed by atoms with Crippen molar-refractivity contribution >= 4 is 69.9 Å². The van der Waals surface area contributed by atoms with Crippen LogP contribution in [0, 0.1) is 0 Å². The first-order valence-electron chi connectivity index (χ1n) is 19.3. The average molecular weight is 830 g/mol. The second kappa shape index (κ2) is 24.7. The maximum Gasteiger partial charge on any atom is 0.367 e. The maximum absolute atomic E-state index is 12.1. The molecule has 0 amide bonds. The van der Waals surface area contributed by atoms with Crippen molar-refractivity contribution in [3.63, 3.8) is 0 Å². The third kappa shape index (κ3) is 15.4. The molecule has 2 aliphatic heterocycles. The number of carbonyl (C=O) groups excluding carboxylic acids is 2. The number of aliphatic imine (C=N–C) groups is 1. The van der Waals surface area contributed by atoms with Gasteiger partial charge in [0, 0.05) is 44.7 Å². The number of hydrogen-bond acceptors (Lipinski definition) is 13. The Morgan fingerprint density at radius 2 is 1.31 bits per heavy atom. The van der Waals surface area contributed by atoms with E-state index in [1.807, 2.05) is 53.4 Å². The minimum atomic E-state index is -0.369. The summed E-state index contributed by atoms with van der Waals surface area (Å²) in [7, 11) is 4.14. The predicted octanol–water partition coefficient (Wildman–Crippen LogP) is 7.47. The molecule has 2 aromatic carbocycles. The SMILES string of the molecule is C=CC(C=Cc1ccc2c(c1)OCCN2C)=CC=NCCSC(=O)OCCOCCOCCOC(=O)SCC[n+]1ccc(C=Cc2ccc3c(c2)OCCN3C)cc1. The standard InChI is InChI=1S/C44H53N4O8S2/c1-4-35(5-7-37-9-11-39-41(33-37)53-23-20-46(39)2)13-16-45-17-31-57-43(49)55-29-27-51-25-26-52-28-30-56-44(50)58-32-22-48-18-14-36(15-19-48)6-8-38-10-12-40-42(34-38)54-24-21-47(40)3/h4-16,18-19,33-34H,1,17,20-32H2,2-3H3/q+1. The van der Waals surface area contributed by atoms with Gasteiger partial charge >= 0.3 is 10.6 Å². The Morgan fingerprint density at radius 3 is 1.91 bits per heavy atom. The molecule has 0 fully saturated rings. The van der Waals surface area contributed by atoms with Gasteiger partial charge in [0.1, 0.15) is 37.9 Å². The lowest BCUT2D eigenvalue weighted by atomic mass is 10.1. The molecule has 2 aliphatic rings. The first-order chi connectivity index (χ1) is 28.4. The number of aryl methyl sites for hydroxylation is 1. The van der Waals surface area contributed by atoms with Crippen LogP contribution in [0.25, 0.3) is 18.2 Å². The summed E-state index contributed by atoms with van der Waals surface area (Å²) in [6, 6.07) is 16.5. The van der Waals surface area contributed by atoms with Gasteiger partial charge in [-0.2, -0.15) is 0 Å². The van der Waals surface area contributed by atoms with Crippen LogP contribution in [0.1, 0.15) is 16.7 Å². The number of carbonyl (C=O) groups is 2. The van der Waals surface area contributed by atoms with Gasteiger partial charge in [-0.25, -0.2) is 14.2 Å². The molecule has 0 saturated heterocycles. The van der Waals surface area contributed by atoms with Gasteiger partial charge in [0.15, 0.2) is 18.9 Å². The molecule has 308 valence electrons. The summed E-state index contributed by atoms with van der Waals surface area (Å²) in [6.07, 6.45) is 17.5. The molecule has 58 heavy (non-hydrogen) atoms. The number of ether oxygens (including phenoxy) is 6. The zero-order valence-corrected chi connectivity index (χ0v) is 34.9. The van der Waals surface area contributed by atoms with Crippen molar-refractivity contribution in [2.75, 3.05) is 108 Å². The van der Waals surface area contributed by atoms with Crippen molar-refractivity contribution in [3.05, 3.63) is 108 Å². The maximum atomic E-state index is 12.1. The Labute approximate surface area is 350 Å². The molecule has 0 radical (unpaired) electrons. The van der Waals surface area contributed by atoms with E-state index in [1.54, 1.807) is 12.3 Å². The number of anilines is 2. The molecule has 0 atom stereocenters. The Hall–Kier alpha value is -5.02. The van der Waals surface area contributed by atoms with Crippen molar-refractivity contribution in [1.29, 1.82) is 0 Å². The lowest BCUT2D eigenvalue weighted by Gasteiger charge is -2.27. The molecule has 1 aromatic heterocycles. The molecular weight excluding hydrogens is 777 g/mol. The fraction of sp³-hybridized carbons (Fsp3) is 0.364. The van der Waals surface area contributed by atoms with Gasteiger partial charge in [0.05, 0.1) is 56.6 Å². The first-order valence-corrected chi connectivity index (χ1v) is 21.2. The van der Waals surface area contributed by atoms with E-state index in [1.165, 1.54) is 0 Å². The van der Waals surface area contributed by atoms with Crippen LogP contribution in [0.2, 0.25) is 0 Å². The molecule has 14 heteroatoms. The molecule has 5 rings (SSSR count). The molecule has 3 heterocycles. The van der Waals surface area contributed by atoms with Gasteiger partial charge in [0.25, 0.3) is 0 Å². The number of benzene rings is 2. The minimum Gasteiger partial charge on any atom is -0.490 e. The van der Waals surface area contributed by atoms with Crippen molar-refractivity contribution in [3.8, 4) is 11.5 Å².